The Balaban J connectivity index is 3.21. The van der Waals surface area contributed by atoms with Crippen molar-refractivity contribution in [3.05, 3.63) is 23.3 Å². The van der Waals surface area contributed by atoms with Crippen molar-refractivity contribution in [1.82, 2.24) is 0 Å². The van der Waals surface area contributed by atoms with Crippen LogP contribution in [0.3, 0.4) is 0 Å². The van der Waals surface area contributed by atoms with E-state index in [9.17, 15) is 15.0 Å². The molecule has 2 unspecified atom stereocenters. The normalized spacial score (nSPS) is 13.7. The molecular weight excluding hydrogens is 316 g/mol. The molecule has 0 saturated carbocycles. The summed E-state index contributed by atoms with van der Waals surface area (Å²) in [4.78, 5) is 11.1. The molecule has 0 fully saturated rings. The van der Waals surface area contributed by atoms with E-state index in [0.717, 1.165) is 0 Å². The second-order valence-electron chi connectivity index (χ2n) is 3.94. The van der Waals surface area contributed by atoms with Gasteiger partial charge in [-0.2, -0.15) is 0 Å². The fourth-order valence-electron chi connectivity index (χ4n) is 1.75. The molecule has 19 heavy (non-hydrogen) atoms. The number of hydrogen-bond acceptors (Lipinski definition) is 5. The molecule has 1 aromatic rings. The number of aldehydes is 1. The van der Waals surface area contributed by atoms with Crippen LogP contribution >= 0.6 is 15.9 Å². The quantitative estimate of drug-likeness (QED) is 0.587. The molecule has 106 valence electrons. The zero-order valence-electron chi connectivity index (χ0n) is 10.8. The van der Waals surface area contributed by atoms with Gasteiger partial charge in [0.2, 0.25) is 0 Å². The largest absolute Gasteiger partial charge is 0.493 e. The molecule has 0 saturated heterocycles. The highest BCUT2D eigenvalue weighted by Crippen LogP contribution is 2.34. The van der Waals surface area contributed by atoms with Gasteiger partial charge >= 0.3 is 0 Å². The Labute approximate surface area is 120 Å². The molecule has 0 heterocycles. The number of rotatable bonds is 7. The molecule has 0 bridgehead atoms. The van der Waals surface area contributed by atoms with E-state index in [0.29, 0.717) is 35.1 Å². The zero-order valence-corrected chi connectivity index (χ0v) is 12.4. The van der Waals surface area contributed by atoms with E-state index in [-0.39, 0.29) is 5.56 Å². The van der Waals surface area contributed by atoms with E-state index in [2.05, 4.69) is 15.9 Å². The van der Waals surface area contributed by atoms with Crippen molar-refractivity contribution < 1.29 is 24.5 Å². The average molecular weight is 333 g/mol. The topological polar surface area (TPSA) is 76.0 Å². The van der Waals surface area contributed by atoms with E-state index in [1.54, 1.807) is 0 Å². The van der Waals surface area contributed by atoms with Crippen LogP contribution in [0.5, 0.6) is 11.5 Å². The van der Waals surface area contributed by atoms with Gasteiger partial charge in [-0.05, 0) is 24.1 Å². The van der Waals surface area contributed by atoms with Crippen LogP contribution in [0.1, 0.15) is 28.4 Å². The molecule has 0 aliphatic rings. The minimum Gasteiger partial charge on any atom is -0.493 e. The number of methoxy groups -OCH3 is 2. The van der Waals surface area contributed by atoms with E-state index in [1.165, 1.54) is 26.4 Å². The summed E-state index contributed by atoms with van der Waals surface area (Å²) < 4.78 is 10.2. The number of hydrogen-bond donors (Lipinski definition) is 2. The third-order valence-corrected chi connectivity index (χ3v) is 3.26. The summed E-state index contributed by atoms with van der Waals surface area (Å²) in [5, 5.41) is 20.5. The van der Waals surface area contributed by atoms with Crippen molar-refractivity contribution in [2.75, 3.05) is 19.5 Å². The van der Waals surface area contributed by atoms with E-state index < -0.39 is 12.2 Å². The first-order valence-corrected chi connectivity index (χ1v) is 6.84. The van der Waals surface area contributed by atoms with Crippen LogP contribution in [0.2, 0.25) is 0 Å². The van der Waals surface area contributed by atoms with E-state index >= 15 is 0 Å². The lowest BCUT2D eigenvalue weighted by Crippen LogP contribution is -2.20. The molecule has 1 rings (SSSR count). The van der Waals surface area contributed by atoms with Gasteiger partial charge in [0.05, 0.1) is 20.3 Å². The maximum atomic E-state index is 11.1. The minimum atomic E-state index is -1.16. The predicted octanol–water partition coefficient (Wildman–Crippen LogP) is 1.70. The van der Waals surface area contributed by atoms with Crippen LogP contribution in [0.15, 0.2) is 12.1 Å². The average Bonchev–Trinajstić information content (AvgIpc) is 2.45. The number of carbonyl (C=O) groups is 1. The van der Waals surface area contributed by atoms with Gasteiger partial charge in [0.15, 0.2) is 17.8 Å². The summed E-state index contributed by atoms with van der Waals surface area (Å²) in [7, 11) is 2.92. The fraction of sp³-hybridized carbons (Fsp3) is 0.462. The second kappa shape index (κ2) is 7.47. The number of alkyl halides is 1. The molecular formula is C13H17BrO5. The summed E-state index contributed by atoms with van der Waals surface area (Å²) >= 11 is 3.19. The van der Waals surface area contributed by atoms with Crippen LogP contribution in [-0.2, 0) is 0 Å². The van der Waals surface area contributed by atoms with Gasteiger partial charge < -0.3 is 19.7 Å². The smallest absolute Gasteiger partial charge is 0.161 e. The van der Waals surface area contributed by atoms with Gasteiger partial charge in [0, 0.05) is 10.9 Å². The van der Waals surface area contributed by atoms with Gasteiger partial charge in [-0.25, -0.2) is 0 Å². The van der Waals surface area contributed by atoms with Crippen molar-refractivity contribution >= 4 is 22.2 Å². The van der Waals surface area contributed by atoms with Crippen LogP contribution < -0.4 is 9.47 Å². The van der Waals surface area contributed by atoms with E-state index in [4.69, 9.17) is 9.47 Å². The highest BCUT2D eigenvalue weighted by Gasteiger charge is 2.23. The Kier molecular flexibility index (Phi) is 6.27. The molecule has 0 amide bonds. The van der Waals surface area contributed by atoms with Crippen LogP contribution in [0, 0.1) is 0 Å². The van der Waals surface area contributed by atoms with Crippen molar-refractivity contribution in [2.45, 2.75) is 18.6 Å². The van der Waals surface area contributed by atoms with Gasteiger partial charge in [0.25, 0.3) is 0 Å². The summed E-state index contributed by atoms with van der Waals surface area (Å²) in [6, 6.07) is 2.98. The highest BCUT2D eigenvalue weighted by atomic mass is 79.9. The van der Waals surface area contributed by atoms with Gasteiger partial charge in [-0.3, -0.25) is 4.79 Å². The van der Waals surface area contributed by atoms with E-state index in [1.807, 2.05) is 0 Å². The highest BCUT2D eigenvalue weighted by molar-refractivity contribution is 9.09. The first-order valence-electron chi connectivity index (χ1n) is 5.72. The van der Waals surface area contributed by atoms with Crippen molar-refractivity contribution in [1.29, 1.82) is 0 Å². The van der Waals surface area contributed by atoms with Crippen LogP contribution in [-0.4, -0.2) is 42.2 Å². The molecule has 0 radical (unpaired) electrons. The standard InChI is InChI=1S/C13H17BrO5/c1-18-11-5-8(7-15)9(6-12(11)19-2)13(17)10(16)3-4-14/h5-7,10,13,16-17H,3-4H2,1-2H3. The summed E-state index contributed by atoms with van der Waals surface area (Å²) in [6.45, 7) is 0. The Hall–Kier alpha value is -1.11. The third-order valence-electron chi connectivity index (χ3n) is 2.80. The molecule has 0 aromatic heterocycles. The molecule has 1 aromatic carbocycles. The lowest BCUT2D eigenvalue weighted by atomic mass is 9.97. The van der Waals surface area contributed by atoms with Crippen molar-refractivity contribution in [3.63, 3.8) is 0 Å². The molecule has 0 aliphatic carbocycles. The SMILES string of the molecule is COc1cc(C=O)c(C(O)C(O)CCBr)cc1OC. The molecule has 2 atom stereocenters. The Bertz CT molecular complexity index is 435. The van der Waals surface area contributed by atoms with Crippen LogP contribution in [0.4, 0.5) is 0 Å². The number of ether oxygens (including phenoxy) is 2. The zero-order chi connectivity index (χ0) is 14.4. The fourth-order valence-corrected chi connectivity index (χ4v) is 2.21. The molecule has 5 nitrogen and oxygen atoms in total. The lowest BCUT2D eigenvalue weighted by molar-refractivity contribution is 0.0169. The van der Waals surface area contributed by atoms with Gasteiger partial charge in [-0.1, -0.05) is 15.9 Å². The molecule has 0 spiro atoms. The number of aliphatic hydroxyl groups excluding tert-OH is 2. The summed E-state index contributed by atoms with van der Waals surface area (Å²) in [6.07, 6.45) is -1.14. The molecule has 6 heteroatoms. The van der Waals surface area contributed by atoms with Gasteiger partial charge in [0.1, 0.15) is 6.10 Å². The molecule has 0 aliphatic heterocycles. The number of aliphatic hydroxyl groups is 2. The Morgan fingerprint density at radius 3 is 2.32 bits per heavy atom. The van der Waals surface area contributed by atoms with Crippen molar-refractivity contribution in [3.8, 4) is 11.5 Å². The minimum absolute atomic E-state index is 0.263. The second-order valence-corrected chi connectivity index (χ2v) is 4.74. The third kappa shape index (κ3) is 3.68. The lowest BCUT2D eigenvalue weighted by Gasteiger charge is -2.20. The van der Waals surface area contributed by atoms with Crippen LogP contribution in [0.25, 0.3) is 0 Å². The Morgan fingerprint density at radius 1 is 1.26 bits per heavy atom. The molecule has 2 N–H and O–H groups in total. The maximum Gasteiger partial charge on any atom is 0.161 e. The summed E-state index contributed by atoms with van der Waals surface area (Å²) in [5.41, 5.74) is 0.583. The first-order chi connectivity index (χ1) is 9.08. The monoisotopic (exact) mass is 332 g/mol. The van der Waals surface area contributed by atoms with Crippen molar-refractivity contribution in [2.24, 2.45) is 0 Å². The predicted molar refractivity (Wildman–Crippen MR) is 74.3 cm³/mol. The number of benzene rings is 1. The number of carbonyl (C=O) groups excluding carboxylic acids is 1. The maximum absolute atomic E-state index is 11.1. The summed E-state index contributed by atoms with van der Waals surface area (Å²) in [5.74, 6) is 0.795. The first kappa shape index (κ1) is 15.9. The van der Waals surface area contributed by atoms with Gasteiger partial charge in [-0.15, -0.1) is 0 Å². The number of halogens is 1. The Morgan fingerprint density at radius 2 is 1.84 bits per heavy atom.